The van der Waals surface area contributed by atoms with Crippen molar-refractivity contribution in [3.8, 4) is 0 Å². The molecule has 2 aromatic rings. The number of alkyl halides is 3. The summed E-state index contributed by atoms with van der Waals surface area (Å²) in [6, 6.07) is 8.12. The zero-order chi connectivity index (χ0) is 26.1. The highest BCUT2D eigenvalue weighted by molar-refractivity contribution is 7.91. The molecule has 1 atom stereocenters. The van der Waals surface area contributed by atoms with E-state index >= 15 is 0 Å². The fraction of sp³-hybridized carbons (Fsp3) is 0.435. The maximum Gasteiger partial charge on any atom is 0.417 e. The Labute approximate surface area is 207 Å². The van der Waals surface area contributed by atoms with Crippen LogP contribution in [-0.2, 0) is 30.8 Å². The van der Waals surface area contributed by atoms with Gasteiger partial charge >= 0.3 is 6.18 Å². The van der Waals surface area contributed by atoms with Crippen LogP contribution >= 0.6 is 0 Å². The van der Waals surface area contributed by atoms with Crippen LogP contribution in [0, 0.1) is 5.92 Å². The molecule has 4 rings (SSSR count). The summed E-state index contributed by atoms with van der Waals surface area (Å²) < 4.78 is 95.5. The summed E-state index contributed by atoms with van der Waals surface area (Å²) in [5.74, 6) is -0.138. The van der Waals surface area contributed by atoms with Crippen molar-refractivity contribution in [2.75, 3.05) is 26.2 Å². The molecule has 13 heteroatoms. The molecule has 2 saturated heterocycles. The number of hydrogen-bond acceptors (Lipinski definition) is 6. The lowest BCUT2D eigenvalue weighted by Gasteiger charge is -2.33. The maximum atomic E-state index is 13.7. The number of nitrogens with zero attached hydrogens (tertiary/aromatic N) is 1. The first-order valence-corrected chi connectivity index (χ1v) is 14.4. The van der Waals surface area contributed by atoms with Gasteiger partial charge in [0.1, 0.15) is 0 Å². The number of carbonyl (C=O) groups is 1. The zero-order valence-corrected chi connectivity index (χ0v) is 20.8. The fourth-order valence-electron chi connectivity index (χ4n) is 4.49. The van der Waals surface area contributed by atoms with Crippen molar-refractivity contribution in [3.63, 3.8) is 0 Å². The molecule has 0 saturated carbocycles. The predicted octanol–water partition coefficient (Wildman–Crippen LogP) is 2.42. The van der Waals surface area contributed by atoms with E-state index in [-0.39, 0.29) is 42.7 Å². The number of halogens is 3. The first kappa shape index (κ1) is 26.6. The molecule has 2 aliphatic rings. The molecule has 0 bridgehead atoms. The molecule has 0 aliphatic carbocycles. The highest BCUT2D eigenvalue weighted by Crippen LogP contribution is 2.36. The lowest BCUT2D eigenvalue weighted by molar-refractivity contribution is -0.140. The molecular weight excluding hydrogens is 519 g/mol. The van der Waals surface area contributed by atoms with Crippen molar-refractivity contribution in [2.24, 2.45) is 5.92 Å². The van der Waals surface area contributed by atoms with Gasteiger partial charge in [0, 0.05) is 25.7 Å². The molecule has 1 amide bonds. The van der Waals surface area contributed by atoms with E-state index in [0.717, 1.165) is 19.0 Å². The van der Waals surface area contributed by atoms with E-state index in [2.05, 4.69) is 10.0 Å². The topological polar surface area (TPSA) is 113 Å². The van der Waals surface area contributed by atoms with Crippen LogP contribution < -0.4 is 10.0 Å². The van der Waals surface area contributed by atoms with Gasteiger partial charge in [-0.1, -0.05) is 18.2 Å². The molecular formula is C23H26F3N3O5S2. The van der Waals surface area contributed by atoms with E-state index in [1.807, 2.05) is 0 Å². The van der Waals surface area contributed by atoms with Crippen LogP contribution in [0.25, 0.3) is 0 Å². The van der Waals surface area contributed by atoms with Gasteiger partial charge in [-0.05, 0) is 56.1 Å². The average Bonchev–Trinajstić information content (AvgIpc) is 3.38. The second-order valence-electron chi connectivity index (χ2n) is 8.88. The Morgan fingerprint density at radius 3 is 2.19 bits per heavy atom. The van der Waals surface area contributed by atoms with Crippen LogP contribution in [0.1, 0.15) is 24.8 Å². The van der Waals surface area contributed by atoms with Crippen LogP contribution in [0.4, 0.5) is 13.2 Å². The Kier molecular flexibility index (Phi) is 7.47. The molecule has 0 aromatic heterocycles. The summed E-state index contributed by atoms with van der Waals surface area (Å²) in [5, 5.41) is 3.12. The quantitative estimate of drug-likeness (QED) is 0.577. The highest BCUT2D eigenvalue weighted by Gasteiger charge is 2.39. The van der Waals surface area contributed by atoms with Gasteiger partial charge in [0.25, 0.3) is 0 Å². The maximum absolute atomic E-state index is 13.7. The number of carbonyl (C=O) groups excluding carboxylic acids is 1. The van der Waals surface area contributed by atoms with Gasteiger partial charge in [0.05, 0.1) is 26.2 Å². The molecule has 0 radical (unpaired) electrons. The lowest BCUT2D eigenvalue weighted by atomic mass is 10.0. The van der Waals surface area contributed by atoms with E-state index in [1.54, 1.807) is 11.0 Å². The van der Waals surface area contributed by atoms with Gasteiger partial charge in [0.15, 0.2) is 0 Å². The third-order valence-electron chi connectivity index (χ3n) is 6.45. The number of piperidine rings is 1. The Bertz CT molecular complexity index is 1320. The molecule has 196 valence electrons. The van der Waals surface area contributed by atoms with Crippen molar-refractivity contribution in [1.29, 1.82) is 0 Å². The number of sulfone groups is 1. The van der Waals surface area contributed by atoms with Gasteiger partial charge in [-0.3, -0.25) is 4.79 Å². The Morgan fingerprint density at radius 1 is 0.944 bits per heavy atom. The van der Waals surface area contributed by atoms with Crippen LogP contribution in [0.2, 0.25) is 0 Å². The van der Waals surface area contributed by atoms with Crippen molar-refractivity contribution < 1.29 is 34.8 Å². The molecule has 8 nitrogen and oxygen atoms in total. The SMILES string of the molecule is O=C([C@H]1CCNC1)N1CCC(NS(=O)(=O)c2cc(S(=O)(=O)c3ccccc3)ccc2C(F)(F)F)CC1. The van der Waals surface area contributed by atoms with Crippen molar-refractivity contribution >= 4 is 25.8 Å². The average molecular weight is 546 g/mol. The molecule has 0 spiro atoms. The fourth-order valence-corrected chi connectivity index (χ4v) is 7.43. The van der Waals surface area contributed by atoms with E-state index < -0.39 is 47.4 Å². The summed E-state index contributed by atoms with van der Waals surface area (Å²) in [5.41, 5.74) is -1.46. The first-order valence-electron chi connectivity index (χ1n) is 11.4. The minimum Gasteiger partial charge on any atom is -0.342 e. The largest absolute Gasteiger partial charge is 0.417 e. The minimum atomic E-state index is -5.02. The van der Waals surface area contributed by atoms with Crippen LogP contribution in [0.5, 0.6) is 0 Å². The van der Waals surface area contributed by atoms with Gasteiger partial charge in [-0.25, -0.2) is 21.6 Å². The first-order chi connectivity index (χ1) is 16.9. The second-order valence-corrected chi connectivity index (χ2v) is 12.5. The summed E-state index contributed by atoms with van der Waals surface area (Å²) >= 11 is 0. The molecule has 2 heterocycles. The molecule has 2 aliphatic heterocycles. The van der Waals surface area contributed by atoms with Gasteiger partial charge < -0.3 is 10.2 Å². The Balaban J connectivity index is 1.57. The summed E-state index contributed by atoms with van der Waals surface area (Å²) in [6.45, 7) is 1.90. The van der Waals surface area contributed by atoms with E-state index in [1.165, 1.54) is 24.3 Å². The van der Waals surface area contributed by atoms with Crippen molar-refractivity contribution in [1.82, 2.24) is 14.9 Å². The van der Waals surface area contributed by atoms with Gasteiger partial charge in [0.2, 0.25) is 25.8 Å². The van der Waals surface area contributed by atoms with Crippen molar-refractivity contribution in [3.05, 3.63) is 54.1 Å². The molecule has 2 fully saturated rings. The second kappa shape index (κ2) is 10.1. The summed E-state index contributed by atoms with van der Waals surface area (Å²) in [4.78, 5) is 12.3. The number of hydrogen-bond donors (Lipinski definition) is 2. The number of rotatable bonds is 6. The normalized spacial score (nSPS) is 20.0. The number of benzene rings is 2. The van der Waals surface area contributed by atoms with Crippen LogP contribution in [-0.4, -0.2) is 59.9 Å². The predicted molar refractivity (Wildman–Crippen MR) is 124 cm³/mol. The zero-order valence-electron chi connectivity index (χ0n) is 19.2. The summed E-state index contributed by atoms with van der Waals surface area (Å²) in [7, 11) is -8.99. The smallest absolute Gasteiger partial charge is 0.342 e. The van der Waals surface area contributed by atoms with E-state index in [4.69, 9.17) is 0 Å². The monoisotopic (exact) mass is 545 g/mol. The number of likely N-dealkylation sites (tertiary alicyclic amines) is 1. The third kappa shape index (κ3) is 5.58. The van der Waals surface area contributed by atoms with Crippen molar-refractivity contribution in [2.45, 2.75) is 46.2 Å². The Hall–Kier alpha value is -2.48. The van der Waals surface area contributed by atoms with Crippen LogP contribution in [0.3, 0.4) is 0 Å². The molecule has 0 unspecified atom stereocenters. The van der Waals surface area contributed by atoms with Crippen LogP contribution in [0.15, 0.2) is 63.2 Å². The van der Waals surface area contributed by atoms with E-state index in [0.29, 0.717) is 18.7 Å². The number of amides is 1. The van der Waals surface area contributed by atoms with Gasteiger partial charge in [-0.2, -0.15) is 13.2 Å². The number of nitrogens with one attached hydrogen (secondary N) is 2. The standard InChI is InChI=1S/C23H26F3N3O5S2/c24-23(25,26)20-7-6-19(35(31,32)18-4-2-1-3-5-18)14-21(20)36(33,34)28-17-9-12-29(13-10-17)22(30)16-8-11-27-15-16/h1-7,14,16-17,27-28H,8-13,15H2/t16-/m0/s1. The van der Waals surface area contributed by atoms with Gasteiger partial charge in [-0.15, -0.1) is 0 Å². The molecule has 2 N–H and O–H groups in total. The minimum absolute atomic E-state index is 0.0144. The summed E-state index contributed by atoms with van der Waals surface area (Å²) in [6.07, 6.45) is -3.83. The molecule has 2 aromatic carbocycles. The number of sulfonamides is 1. The third-order valence-corrected chi connectivity index (χ3v) is 9.78. The highest BCUT2D eigenvalue weighted by atomic mass is 32.2. The lowest BCUT2D eigenvalue weighted by Crippen LogP contribution is -2.48. The Morgan fingerprint density at radius 2 is 1.61 bits per heavy atom. The molecule has 36 heavy (non-hydrogen) atoms. The van der Waals surface area contributed by atoms with E-state index in [9.17, 15) is 34.8 Å².